The van der Waals surface area contributed by atoms with Gasteiger partial charge in [-0.3, -0.25) is 14.9 Å². The molecule has 0 aliphatic heterocycles. The van der Waals surface area contributed by atoms with Crippen LogP contribution in [0.3, 0.4) is 0 Å². The maximum absolute atomic E-state index is 11.0. The molecule has 5 nitrogen and oxygen atoms in total. The zero-order chi connectivity index (χ0) is 12.7. The first-order chi connectivity index (χ1) is 8.13. The molecule has 0 bridgehead atoms. The Labute approximate surface area is 98.9 Å². The number of carbonyl (C=O) groups is 1. The van der Waals surface area contributed by atoms with Crippen LogP contribution in [-0.2, 0) is 9.53 Å². The van der Waals surface area contributed by atoms with Crippen LogP contribution in [0.2, 0.25) is 0 Å². The van der Waals surface area contributed by atoms with Gasteiger partial charge in [-0.1, -0.05) is 12.2 Å². The molecule has 0 heterocycles. The Balaban J connectivity index is 2.54. The average molecular weight is 235 g/mol. The van der Waals surface area contributed by atoms with Gasteiger partial charge in [0, 0.05) is 12.1 Å². The van der Waals surface area contributed by atoms with Crippen LogP contribution in [0, 0.1) is 10.1 Å². The van der Waals surface area contributed by atoms with Crippen molar-refractivity contribution < 1.29 is 14.5 Å². The lowest BCUT2D eigenvalue weighted by Crippen LogP contribution is -2.01. The molecule has 1 aromatic rings. The van der Waals surface area contributed by atoms with Crippen LogP contribution in [0.5, 0.6) is 0 Å². The molecule has 0 radical (unpaired) electrons. The van der Waals surface area contributed by atoms with Gasteiger partial charge in [0.25, 0.3) is 5.69 Å². The van der Waals surface area contributed by atoms with Crippen molar-refractivity contribution >= 4 is 17.7 Å². The summed E-state index contributed by atoms with van der Waals surface area (Å²) in [7, 11) is 0. The first-order valence-corrected chi connectivity index (χ1v) is 5.20. The SMILES string of the molecule is CCOC(=O)CC=Cc1ccc([N+](=O)[O-])cc1. The molecular formula is C12H13NO4. The first kappa shape index (κ1) is 12.9. The summed E-state index contributed by atoms with van der Waals surface area (Å²) in [5.74, 6) is -0.286. The molecule has 0 aliphatic carbocycles. The minimum absolute atomic E-state index is 0.0487. The molecule has 1 rings (SSSR count). The number of nitro benzene ring substituents is 1. The predicted octanol–water partition coefficient (Wildman–Crippen LogP) is 2.56. The van der Waals surface area contributed by atoms with E-state index >= 15 is 0 Å². The molecule has 0 saturated carbocycles. The van der Waals surface area contributed by atoms with Crippen molar-refractivity contribution in [3.05, 3.63) is 46.0 Å². The van der Waals surface area contributed by atoms with E-state index in [1.165, 1.54) is 12.1 Å². The van der Waals surface area contributed by atoms with Crippen LogP contribution in [0.25, 0.3) is 6.08 Å². The highest BCUT2D eigenvalue weighted by molar-refractivity contribution is 5.72. The van der Waals surface area contributed by atoms with Gasteiger partial charge in [0.1, 0.15) is 0 Å². The van der Waals surface area contributed by atoms with Gasteiger partial charge in [-0.2, -0.15) is 0 Å². The van der Waals surface area contributed by atoms with Crippen molar-refractivity contribution in [2.45, 2.75) is 13.3 Å². The summed E-state index contributed by atoms with van der Waals surface area (Å²) in [4.78, 5) is 21.0. The first-order valence-electron chi connectivity index (χ1n) is 5.20. The average Bonchev–Trinajstić information content (AvgIpc) is 2.30. The van der Waals surface area contributed by atoms with Gasteiger partial charge in [0.05, 0.1) is 18.0 Å². The maximum atomic E-state index is 11.0. The second kappa shape index (κ2) is 6.42. The lowest BCUT2D eigenvalue weighted by Gasteiger charge is -1.97. The molecule has 1 aromatic carbocycles. The molecule has 0 aromatic heterocycles. The van der Waals surface area contributed by atoms with Crippen LogP contribution in [0.4, 0.5) is 5.69 Å². The minimum Gasteiger partial charge on any atom is -0.466 e. The molecule has 0 spiro atoms. The summed E-state index contributed by atoms with van der Waals surface area (Å²) in [6, 6.07) is 6.09. The molecule has 0 aliphatic rings. The lowest BCUT2D eigenvalue weighted by molar-refractivity contribution is -0.384. The number of esters is 1. The van der Waals surface area contributed by atoms with Crippen LogP contribution < -0.4 is 0 Å². The fourth-order valence-corrected chi connectivity index (χ4v) is 1.22. The van der Waals surface area contributed by atoms with Crippen molar-refractivity contribution in [2.75, 3.05) is 6.61 Å². The fraction of sp³-hybridized carbons (Fsp3) is 0.250. The topological polar surface area (TPSA) is 69.4 Å². The number of benzene rings is 1. The highest BCUT2D eigenvalue weighted by Gasteiger charge is 2.02. The third-order valence-corrected chi connectivity index (χ3v) is 2.00. The number of ether oxygens (including phenoxy) is 1. The molecule has 17 heavy (non-hydrogen) atoms. The summed E-state index contributed by atoms with van der Waals surface area (Å²) in [5.41, 5.74) is 0.854. The fourth-order valence-electron chi connectivity index (χ4n) is 1.22. The highest BCUT2D eigenvalue weighted by atomic mass is 16.6. The second-order valence-electron chi connectivity index (χ2n) is 3.26. The molecule has 90 valence electrons. The van der Waals surface area contributed by atoms with Gasteiger partial charge < -0.3 is 4.74 Å². The quantitative estimate of drug-likeness (QED) is 0.446. The Morgan fingerprint density at radius 3 is 2.59 bits per heavy atom. The van der Waals surface area contributed by atoms with E-state index < -0.39 is 4.92 Å². The zero-order valence-corrected chi connectivity index (χ0v) is 9.46. The standard InChI is InChI=1S/C12H13NO4/c1-2-17-12(14)5-3-4-10-6-8-11(9-7-10)13(15)16/h3-4,6-9H,2,5H2,1H3. The van der Waals surface area contributed by atoms with Gasteiger partial charge in [0.15, 0.2) is 0 Å². The third-order valence-electron chi connectivity index (χ3n) is 2.00. The largest absolute Gasteiger partial charge is 0.466 e. The molecule has 0 amide bonds. The van der Waals surface area contributed by atoms with Crippen LogP contribution >= 0.6 is 0 Å². The van der Waals surface area contributed by atoms with E-state index in [0.29, 0.717) is 6.61 Å². The number of nitrogens with zero attached hydrogens (tertiary/aromatic N) is 1. The predicted molar refractivity (Wildman–Crippen MR) is 63.4 cm³/mol. The molecule has 0 atom stereocenters. The highest BCUT2D eigenvalue weighted by Crippen LogP contribution is 2.12. The van der Waals surface area contributed by atoms with E-state index in [9.17, 15) is 14.9 Å². The molecule has 5 heteroatoms. The second-order valence-corrected chi connectivity index (χ2v) is 3.26. The monoisotopic (exact) mass is 235 g/mol. The van der Waals surface area contributed by atoms with Crippen molar-refractivity contribution in [3.8, 4) is 0 Å². The van der Waals surface area contributed by atoms with E-state index in [2.05, 4.69) is 0 Å². The van der Waals surface area contributed by atoms with E-state index in [-0.39, 0.29) is 18.1 Å². The summed E-state index contributed by atoms with van der Waals surface area (Å²) in [6.07, 6.45) is 3.59. The van der Waals surface area contributed by atoms with Crippen molar-refractivity contribution in [1.29, 1.82) is 0 Å². The van der Waals surface area contributed by atoms with Gasteiger partial charge in [-0.05, 0) is 24.6 Å². The van der Waals surface area contributed by atoms with Crippen molar-refractivity contribution in [1.82, 2.24) is 0 Å². The number of carbonyl (C=O) groups excluding carboxylic acids is 1. The summed E-state index contributed by atoms with van der Waals surface area (Å²) in [6.45, 7) is 2.11. The van der Waals surface area contributed by atoms with Gasteiger partial charge in [-0.15, -0.1) is 0 Å². The van der Waals surface area contributed by atoms with Crippen LogP contribution in [-0.4, -0.2) is 17.5 Å². The van der Waals surface area contributed by atoms with E-state index in [1.54, 1.807) is 31.2 Å². The van der Waals surface area contributed by atoms with Crippen LogP contribution in [0.15, 0.2) is 30.3 Å². The number of hydrogen-bond acceptors (Lipinski definition) is 4. The van der Waals surface area contributed by atoms with E-state index in [4.69, 9.17) is 4.74 Å². The zero-order valence-electron chi connectivity index (χ0n) is 9.46. The number of rotatable bonds is 5. The summed E-state index contributed by atoms with van der Waals surface area (Å²) >= 11 is 0. The number of nitro groups is 1. The lowest BCUT2D eigenvalue weighted by atomic mass is 10.2. The van der Waals surface area contributed by atoms with Gasteiger partial charge in [-0.25, -0.2) is 0 Å². The molecule has 0 unspecified atom stereocenters. The Morgan fingerprint density at radius 2 is 2.06 bits per heavy atom. The van der Waals surface area contributed by atoms with E-state index in [1.807, 2.05) is 0 Å². The summed E-state index contributed by atoms with van der Waals surface area (Å²) in [5, 5.41) is 10.4. The normalized spacial score (nSPS) is 10.4. The Kier molecular flexibility index (Phi) is 4.87. The molecule has 0 saturated heterocycles. The van der Waals surface area contributed by atoms with Crippen LogP contribution in [0.1, 0.15) is 18.9 Å². The minimum atomic E-state index is -0.452. The molecular weight excluding hydrogens is 222 g/mol. The van der Waals surface area contributed by atoms with Gasteiger partial charge >= 0.3 is 5.97 Å². The molecule has 0 fully saturated rings. The smallest absolute Gasteiger partial charge is 0.309 e. The summed E-state index contributed by atoms with van der Waals surface area (Å²) < 4.78 is 4.75. The van der Waals surface area contributed by atoms with E-state index in [0.717, 1.165) is 5.56 Å². The molecule has 0 N–H and O–H groups in total. The Hall–Kier alpha value is -2.17. The Bertz CT molecular complexity index is 423. The van der Waals surface area contributed by atoms with Crippen molar-refractivity contribution in [2.24, 2.45) is 0 Å². The van der Waals surface area contributed by atoms with Gasteiger partial charge in [0.2, 0.25) is 0 Å². The maximum Gasteiger partial charge on any atom is 0.309 e. The van der Waals surface area contributed by atoms with Crippen molar-refractivity contribution in [3.63, 3.8) is 0 Å². The number of hydrogen-bond donors (Lipinski definition) is 0. The third kappa shape index (κ3) is 4.46. The number of non-ortho nitro benzene ring substituents is 1. The Morgan fingerprint density at radius 1 is 1.41 bits per heavy atom.